The van der Waals surface area contributed by atoms with E-state index in [1.165, 1.54) is 0 Å². The molecule has 2 aromatic rings. The van der Waals surface area contributed by atoms with Crippen LogP contribution >= 0.6 is 0 Å². The first-order chi connectivity index (χ1) is 12.2. The van der Waals surface area contributed by atoms with Gasteiger partial charge in [-0.1, -0.05) is 32.0 Å². The number of para-hydroxylation sites is 1. The van der Waals surface area contributed by atoms with Crippen LogP contribution in [0, 0.1) is 13.8 Å². The fraction of sp³-hybridized carbons (Fsp3) is 0.429. The SMILES string of the molecule is Cc1cc(C(=O)OCC(=O)Nc2ccccc2C(C)C)c(C)n1C(C)C. The van der Waals surface area contributed by atoms with E-state index in [4.69, 9.17) is 4.74 Å². The van der Waals surface area contributed by atoms with Gasteiger partial charge in [0.2, 0.25) is 0 Å². The van der Waals surface area contributed by atoms with Crippen molar-refractivity contribution < 1.29 is 14.3 Å². The van der Waals surface area contributed by atoms with Crippen LogP contribution in [0.1, 0.15) is 67.0 Å². The Morgan fingerprint density at radius 2 is 1.77 bits per heavy atom. The average molecular weight is 356 g/mol. The molecule has 1 aromatic carbocycles. The maximum absolute atomic E-state index is 12.4. The summed E-state index contributed by atoms with van der Waals surface area (Å²) < 4.78 is 7.31. The highest BCUT2D eigenvalue weighted by molar-refractivity contribution is 5.96. The number of rotatable bonds is 6. The molecule has 1 amide bonds. The summed E-state index contributed by atoms with van der Waals surface area (Å²) in [5.74, 6) is -0.531. The Balaban J connectivity index is 2.02. The minimum absolute atomic E-state index is 0.257. The van der Waals surface area contributed by atoms with Crippen molar-refractivity contribution in [1.29, 1.82) is 0 Å². The number of nitrogens with zero attached hydrogens (tertiary/aromatic N) is 1. The summed E-state index contributed by atoms with van der Waals surface area (Å²) >= 11 is 0. The van der Waals surface area contributed by atoms with Gasteiger partial charge in [0, 0.05) is 23.1 Å². The lowest BCUT2D eigenvalue weighted by Crippen LogP contribution is -2.22. The van der Waals surface area contributed by atoms with E-state index in [0.29, 0.717) is 5.56 Å². The number of aromatic nitrogens is 1. The van der Waals surface area contributed by atoms with Gasteiger partial charge in [-0.3, -0.25) is 4.79 Å². The molecule has 0 aliphatic heterocycles. The molecule has 0 atom stereocenters. The number of carbonyl (C=O) groups excluding carboxylic acids is 2. The molecular formula is C21H28N2O3. The third-order valence-corrected chi connectivity index (χ3v) is 4.41. The first-order valence-corrected chi connectivity index (χ1v) is 8.96. The summed E-state index contributed by atoms with van der Waals surface area (Å²) in [5.41, 5.74) is 4.16. The van der Waals surface area contributed by atoms with E-state index in [0.717, 1.165) is 22.6 Å². The van der Waals surface area contributed by atoms with Crippen molar-refractivity contribution in [3.63, 3.8) is 0 Å². The van der Waals surface area contributed by atoms with Gasteiger partial charge in [-0.05, 0) is 51.3 Å². The summed E-state index contributed by atoms with van der Waals surface area (Å²) in [7, 11) is 0. The third-order valence-electron chi connectivity index (χ3n) is 4.41. The van der Waals surface area contributed by atoms with Crippen molar-refractivity contribution in [3.05, 3.63) is 52.8 Å². The Morgan fingerprint density at radius 1 is 1.12 bits per heavy atom. The number of hydrogen-bond acceptors (Lipinski definition) is 3. The molecule has 1 aromatic heterocycles. The minimum Gasteiger partial charge on any atom is -0.452 e. The molecule has 0 aliphatic carbocycles. The lowest BCUT2D eigenvalue weighted by Gasteiger charge is -2.14. The quantitative estimate of drug-likeness (QED) is 0.769. The Morgan fingerprint density at radius 3 is 2.35 bits per heavy atom. The number of aryl methyl sites for hydroxylation is 1. The van der Waals surface area contributed by atoms with Crippen LogP contribution in [0.3, 0.4) is 0 Å². The zero-order valence-corrected chi connectivity index (χ0v) is 16.4. The Labute approximate surface area is 155 Å². The summed E-state index contributed by atoms with van der Waals surface area (Å²) in [4.78, 5) is 24.6. The Hall–Kier alpha value is -2.56. The molecule has 5 heteroatoms. The first-order valence-electron chi connectivity index (χ1n) is 8.96. The van der Waals surface area contributed by atoms with Gasteiger partial charge in [-0.25, -0.2) is 4.79 Å². The highest BCUT2D eigenvalue weighted by Gasteiger charge is 2.19. The molecule has 0 spiro atoms. The number of anilines is 1. The second-order valence-electron chi connectivity index (χ2n) is 7.11. The highest BCUT2D eigenvalue weighted by atomic mass is 16.5. The molecule has 0 radical (unpaired) electrons. The smallest absolute Gasteiger partial charge is 0.340 e. The molecular weight excluding hydrogens is 328 g/mol. The summed E-state index contributed by atoms with van der Waals surface area (Å²) in [6.45, 7) is 11.8. The summed E-state index contributed by atoms with van der Waals surface area (Å²) in [6, 6.07) is 9.71. The van der Waals surface area contributed by atoms with Gasteiger partial charge >= 0.3 is 5.97 Å². The van der Waals surface area contributed by atoms with Crippen molar-refractivity contribution in [2.24, 2.45) is 0 Å². The fourth-order valence-corrected chi connectivity index (χ4v) is 3.29. The van der Waals surface area contributed by atoms with Gasteiger partial charge in [-0.2, -0.15) is 0 Å². The summed E-state index contributed by atoms with van der Waals surface area (Å²) in [5, 5.41) is 2.83. The van der Waals surface area contributed by atoms with Gasteiger partial charge in [0.15, 0.2) is 6.61 Å². The van der Waals surface area contributed by atoms with Crippen LogP contribution < -0.4 is 5.32 Å². The molecule has 26 heavy (non-hydrogen) atoms. The molecule has 0 bridgehead atoms. The molecule has 2 rings (SSSR count). The number of esters is 1. The van der Waals surface area contributed by atoms with Crippen LogP contribution in [0.2, 0.25) is 0 Å². The number of nitrogens with one attached hydrogen (secondary N) is 1. The highest BCUT2D eigenvalue weighted by Crippen LogP contribution is 2.24. The third kappa shape index (κ3) is 4.34. The fourth-order valence-electron chi connectivity index (χ4n) is 3.29. The van der Waals surface area contributed by atoms with Crippen LogP contribution in [-0.2, 0) is 9.53 Å². The van der Waals surface area contributed by atoms with Gasteiger partial charge < -0.3 is 14.6 Å². The van der Waals surface area contributed by atoms with Crippen LogP contribution in [0.5, 0.6) is 0 Å². The van der Waals surface area contributed by atoms with E-state index in [1.807, 2.05) is 44.2 Å². The number of amides is 1. The predicted octanol–water partition coefficient (Wildman–Crippen LogP) is 4.60. The van der Waals surface area contributed by atoms with Crippen molar-refractivity contribution >= 4 is 17.6 Å². The van der Waals surface area contributed by atoms with Crippen LogP contribution in [0.15, 0.2) is 30.3 Å². The van der Waals surface area contributed by atoms with Gasteiger partial charge in [0.1, 0.15) is 0 Å². The maximum Gasteiger partial charge on any atom is 0.340 e. The largest absolute Gasteiger partial charge is 0.452 e. The monoisotopic (exact) mass is 356 g/mol. The van der Waals surface area contributed by atoms with Crippen LogP contribution in [-0.4, -0.2) is 23.1 Å². The molecule has 0 unspecified atom stereocenters. The minimum atomic E-state index is -0.475. The lowest BCUT2D eigenvalue weighted by atomic mass is 10.0. The second kappa shape index (κ2) is 8.21. The zero-order valence-electron chi connectivity index (χ0n) is 16.4. The van der Waals surface area contributed by atoms with Crippen molar-refractivity contribution in [1.82, 2.24) is 4.57 Å². The van der Waals surface area contributed by atoms with Crippen LogP contribution in [0.4, 0.5) is 5.69 Å². The molecule has 0 saturated heterocycles. The molecule has 140 valence electrons. The Bertz CT molecular complexity index is 804. The molecule has 0 fully saturated rings. The van der Waals surface area contributed by atoms with Gasteiger partial charge in [0.05, 0.1) is 5.56 Å². The van der Waals surface area contributed by atoms with E-state index in [-0.39, 0.29) is 24.5 Å². The van der Waals surface area contributed by atoms with E-state index < -0.39 is 5.97 Å². The van der Waals surface area contributed by atoms with E-state index in [1.54, 1.807) is 0 Å². The van der Waals surface area contributed by atoms with Gasteiger partial charge in [0.25, 0.3) is 5.91 Å². The van der Waals surface area contributed by atoms with E-state index >= 15 is 0 Å². The average Bonchev–Trinajstić information content (AvgIpc) is 2.87. The van der Waals surface area contributed by atoms with Gasteiger partial charge in [-0.15, -0.1) is 0 Å². The first kappa shape index (κ1) is 19.8. The van der Waals surface area contributed by atoms with Crippen molar-refractivity contribution in [2.45, 2.75) is 53.5 Å². The zero-order chi connectivity index (χ0) is 19.4. The molecule has 0 aliphatic rings. The molecule has 5 nitrogen and oxygen atoms in total. The number of hydrogen-bond donors (Lipinski definition) is 1. The molecule has 1 N–H and O–H groups in total. The number of carbonyl (C=O) groups is 2. The molecule has 0 saturated carbocycles. The van der Waals surface area contributed by atoms with E-state index in [9.17, 15) is 9.59 Å². The maximum atomic E-state index is 12.4. The number of benzene rings is 1. The van der Waals surface area contributed by atoms with Crippen LogP contribution in [0.25, 0.3) is 0 Å². The number of ether oxygens (including phenoxy) is 1. The Kier molecular flexibility index (Phi) is 6.24. The molecule has 1 heterocycles. The predicted molar refractivity (Wildman–Crippen MR) is 104 cm³/mol. The van der Waals surface area contributed by atoms with Crippen molar-refractivity contribution in [3.8, 4) is 0 Å². The topological polar surface area (TPSA) is 60.3 Å². The normalized spacial score (nSPS) is 11.1. The lowest BCUT2D eigenvalue weighted by molar-refractivity contribution is -0.119. The second-order valence-corrected chi connectivity index (χ2v) is 7.11. The summed E-state index contributed by atoms with van der Waals surface area (Å²) in [6.07, 6.45) is 0. The standard InChI is InChI=1S/C21H28N2O3/c1-13(2)17-9-7-8-10-19(17)22-20(24)12-26-21(25)18-11-15(5)23(14(3)4)16(18)6/h7-11,13-14H,12H2,1-6H3,(H,22,24). The van der Waals surface area contributed by atoms with E-state index in [2.05, 4.69) is 37.6 Å². The van der Waals surface area contributed by atoms with Crippen molar-refractivity contribution in [2.75, 3.05) is 11.9 Å².